The number of nitrogens with zero attached hydrogens (tertiary/aromatic N) is 3. The summed E-state index contributed by atoms with van der Waals surface area (Å²) in [7, 11) is 0. The average Bonchev–Trinajstić information content (AvgIpc) is 2.73. The Bertz CT molecular complexity index is 508. The lowest BCUT2D eigenvalue weighted by atomic mass is 9.82. The molecule has 3 rings (SSSR count). The number of imidazole rings is 1. The fourth-order valence-corrected chi connectivity index (χ4v) is 2.75. The molecule has 0 aromatic carbocycles. The second kappa shape index (κ2) is 3.81. The van der Waals surface area contributed by atoms with Crippen LogP contribution in [0, 0.1) is 0 Å². The van der Waals surface area contributed by atoms with Gasteiger partial charge < -0.3 is 4.57 Å². The van der Waals surface area contributed by atoms with E-state index in [2.05, 4.69) is 22.8 Å². The Morgan fingerprint density at radius 1 is 1.44 bits per heavy atom. The number of hydrogen-bond donors (Lipinski definition) is 0. The third-order valence-electron chi connectivity index (χ3n) is 3.64. The van der Waals surface area contributed by atoms with E-state index in [1.165, 1.54) is 36.2 Å². The van der Waals surface area contributed by atoms with Gasteiger partial charge >= 0.3 is 0 Å². The van der Waals surface area contributed by atoms with Gasteiger partial charge in [-0.1, -0.05) is 6.42 Å². The molecular weight excluding hydrogens is 222 g/mol. The molecule has 2 aromatic heterocycles. The molecule has 0 N–H and O–H groups in total. The van der Waals surface area contributed by atoms with E-state index in [9.17, 15) is 0 Å². The number of fused-ring (bicyclic) bond motifs is 1. The Balaban J connectivity index is 2.17. The molecule has 0 amide bonds. The fourth-order valence-electron chi connectivity index (χ4n) is 2.49. The van der Waals surface area contributed by atoms with Crippen molar-refractivity contribution in [3.63, 3.8) is 0 Å². The monoisotopic (exact) mass is 237 g/mol. The molecule has 1 aliphatic rings. The van der Waals surface area contributed by atoms with Crippen molar-refractivity contribution in [3.8, 4) is 0 Å². The first-order valence-corrected chi connectivity index (χ1v) is 6.50. The normalized spacial score (nSPS) is 16.9. The fraction of sp³-hybridized carbons (Fsp3) is 0.583. The standard InChI is InChI=1S/C12H16ClN3/c1-2-15-6-7-16-12(15)10(8-13)11(14-16)9-4-3-5-9/h6-7,9H,2-5,8H2,1H3. The second-order valence-electron chi connectivity index (χ2n) is 4.48. The lowest BCUT2D eigenvalue weighted by Gasteiger charge is -2.24. The molecule has 0 bridgehead atoms. The van der Waals surface area contributed by atoms with Crippen LogP contribution < -0.4 is 0 Å². The van der Waals surface area contributed by atoms with Crippen molar-refractivity contribution in [1.82, 2.24) is 14.2 Å². The summed E-state index contributed by atoms with van der Waals surface area (Å²) in [5.74, 6) is 1.22. The summed E-state index contributed by atoms with van der Waals surface area (Å²) in [6.07, 6.45) is 7.98. The van der Waals surface area contributed by atoms with E-state index < -0.39 is 0 Å². The molecule has 2 aromatic rings. The molecule has 4 heteroatoms. The van der Waals surface area contributed by atoms with Gasteiger partial charge in [-0.25, -0.2) is 4.52 Å². The topological polar surface area (TPSA) is 22.2 Å². The number of rotatable bonds is 3. The molecule has 0 radical (unpaired) electrons. The lowest BCUT2D eigenvalue weighted by Crippen LogP contribution is -2.11. The van der Waals surface area contributed by atoms with Gasteiger partial charge in [0.1, 0.15) is 5.65 Å². The van der Waals surface area contributed by atoms with Crippen LogP contribution in [0.2, 0.25) is 0 Å². The van der Waals surface area contributed by atoms with Crippen LogP contribution in [0.15, 0.2) is 12.4 Å². The molecule has 0 atom stereocenters. The lowest BCUT2D eigenvalue weighted by molar-refractivity contribution is 0.408. The van der Waals surface area contributed by atoms with E-state index >= 15 is 0 Å². The highest BCUT2D eigenvalue weighted by molar-refractivity contribution is 6.17. The Kier molecular flexibility index (Phi) is 2.43. The molecule has 0 aliphatic heterocycles. The molecule has 3 nitrogen and oxygen atoms in total. The van der Waals surface area contributed by atoms with Gasteiger partial charge in [-0.2, -0.15) is 5.10 Å². The highest BCUT2D eigenvalue weighted by Gasteiger charge is 2.27. The Hall–Kier alpha value is -0.960. The van der Waals surface area contributed by atoms with Gasteiger partial charge in [0.25, 0.3) is 0 Å². The number of aromatic nitrogens is 3. The largest absolute Gasteiger partial charge is 0.331 e. The highest BCUT2D eigenvalue weighted by atomic mass is 35.5. The first kappa shape index (κ1) is 10.2. The summed E-state index contributed by atoms with van der Waals surface area (Å²) in [5, 5.41) is 4.69. The molecule has 2 heterocycles. The minimum Gasteiger partial charge on any atom is -0.331 e. The molecule has 1 fully saturated rings. The Morgan fingerprint density at radius 2 is 2.25 bits per heavy atom. The number of alkyl halides is 1. The van der Waals surface area contributed by atoms with Crippen molar-refractivity contribution < 1.29 is 0 Å². The van der Waals surface area contributed by atoms with Crippen molar-refractivity contribution >= 4 is 17.2 Å². The van der Waals surface area contributed by atoms with Crippen LogP contribution in [0.25, 0.3) is 5.65 Å². The molecule has 0 saturated heterocycles. The van der Waals surface area contributed by atoms with E-state index in [1.807, 2.05) is 10.7 Å². The maximum atomic E-state index is 6.10. The number of hydrogen-bond acceptors (Lipinski definition) is 1. The molecule has 86 valence electrons. The molecule has 1 aliphatic carbocycles. The maximum Gasteiger partial charge on any atom is 0.140 e. The first-order valence-electron chi connectivity index (χ1n) is 5.97. The predicted molar refractivity (Wildman–Crippen MR) is 65.0 cm³/mol. The average molecular weight is 238 g/mol. The van der Waals surface area contributed by atoms with Crippen molar-refractivity contribution in [3.05, 3.63) is 23.7 Å². The van der Waals surface area contributed by atoms with Gasteiger partial charge in [0.2, 0.25) is 0 Å². The molecular formula is C12H16ClN3. The molecule has 0 spiro atoms. The minimum absolute atomic E-state index is 0.569. The van der Waals surface area contributed by atoms with Crippen molar-refractivity contribution in [2.45, 2.75) is 44.5 Å². The maximum absolute atomic E-state index is 6.10. The van der Waals surface area contributed by atoms with Gasteiger partial charge in [-0.15, -0.1) is 11.6 Å². The smallest absolute Gasteiger partial charge is 0.140 e. The zero-order valence-corrected chi connectivity index (χ0v) is 10.2. The molecule has 1 saturated carbocycles. The van der Waals surface area contributed by atoms with E-state index in [0.717, 1.165) is 6.54 Å². The van der Waals surface area contributed by atoms with Crippen molar-refractivity contribution in [2.24, 2.45) is 0 Å². The summed E-state index contributed by atoms with van der Waals surface area (Å²) < 4.78 is 4.20. The third-order valence-corrected chi connectivity index (χ3v) is 3.90. The van der Waals surface area contributed by atoms with Crippen LogP contribution in [0.4, 0.5) is 0 Å². The van der Waals surface area contributed by atoms with E-state index in [0.29, 0.717) is 11.8 Å². The van der Waals surface area contributed by atoms with Crippen LogP contribution in [0.1, 0.15) is 43.4 Å². The SMILES string of the molecule is CCn1ccn2nc(C3CCC3)c(CCl)c12. The van der Waals surface area contributed by atoms with Crippen LogP contribution in [0.3, 0.4) is 0 Å². The Morgan fingerprint density at radius 3 is 2.81 bits per heavy atom. The van der Waals surface area contributed by atoms with E-state index in [1.54, 1.807) is 0 Å². The number of halogens is 1. The minimum atomic E-state index is 0.569. The first-order chi connectivity index (χ1) is 7.85. The molecule has 16 heavy (non-hydrogen) atoms. The van der Waals surface area contributed by atoms with Crippen LogP contribution in [0.5, 0.6) is 0 Å². The van der Waals surface area contributed by atoms with Gasteiger partial charge in [0, 0.05) is 30.4 Å². The second-order valence-corrected chi connectivity index (χ2v) is 4.74. The van der Waals surface area contributed by atoms with Crippen LogP contribution in [-0.4, -0.2) is 14.2 Å². The quantitative estimate of drug-likeness (QED) is 0.752. The van der Waals surface area contributed by atoms with Gasteiger partial charge in [0.05, 0.1) is 11.6 Å². The summed E-state index contributed by atoms with van der Waals surface area (Å²) >= 11 is 6.10. The number of aryl methyl sites for hydroxylation is 1. The highest BCUT2D eigenvalue weighted by Crippen LogP contribution is 2.38. The Labute approximate surface area is 100 Å². The summed E-state index contributed by atoms with van der Waals surface area (Å²) in [6, 6.07) is 0. The zero-order valence-electron chi connectivity index (χ0n) is 9.49. The van der Waals surface area contributed by atoms with Crippen molar-refractivity contribution in [1.29, 1.82) is 0 Å². The predicted octanol–water partition coefficient (Wildman–Crippen LogP) is 3.16. The van der Waals surface area contributed by atoms with Gasteiger partial charge in [-0.05, 0) is 19.8 Å². The van der Waals surface area contributed by atoms with E-state index in [-0.39, 0.29) is 0 Å². The summed E-state index contributed by atoms with van der Waals surface area (Å²) in [5.41, 5.74) is 3.65. The summed E-state index contributed by atoms with van der Waals surface area (Å²) in [6.45, 7) is 3.12. The van der Waals surface area contributed by atoms with Crippen LogP contribution >= 0.6 is 11.6 Å². The van der Waals surface area contributed by atoms with E-state index in [4.69, 9.17) is 11.6 Å². The van der Waals surface area contributed by atoms with Crippen molar-refractivity contribution in [2.75, 3.05) is 0 Å². The summed E-state index contributed by atoms with van der Waals surface area (Å²) in [4.78, 5) is 0. The van der Waals surface area contributed by atoms with Crippen LogP contribution in [-0.2, 0) is 12.4 Å². The zero-order chi connectivity index (χ0) is 11.1. The van der Waals surface area contributed by atoms with Gasteiger partial charge in [0.15, 0.2) is 0 Å². The third kappa shape index (κ3) is 1.31. The molecule has 0 unspecified atom stereocenters. The van der Waals surface area contributed by atoms with Gasteiger partial charge in [-0.3, -0.25) is 0 Å².